The van der Waals surface area contributed by atoms with E-state index in [1.54, 1.807) is 30.5 Å². The Hall–Kier alpha value is -1.98. The van der Waals surface area contributed by atoms with Crippen LogP contribution in [0.25, 0.3) is 11.3 Å². The van der Waals surface area contributed by atoms with Crippen LogP contribution in [0.1, 0.15) is 19.4 Å². The van der Waals surface area contributed by atoms with Gasteiger partial charge in [-0.2, -0.15) is 0 Å². The Bertz CT molecular complexity index is 694. The van der Waals surface area contributed by atoms with Gasteiger partial charge in [0.1, 0.15) is 5.82 Å². The van der Waals surface area contributed by atoms with Crippen molar-refractivity contribution < 1.29 is 4.39 Å². The van der Waals surface area contributed by atoms with Crippen molar-refractivity contribution in [2.24, 2.45) is 0 Å². The molecular formula is C19H25FN4. The average molecular weight is 328 g/mol. The van der Waals surface area contributed by atoms with E-state index in [1.165, 1.54) is 0 Å². The van der Waals surface area contributed by atoms with Crippen molar-refractivity contribution in [3.05, 3.63) is 47.9 Å². The lowest BCUT2D eigenvalue weighted by molar-refractivity contribution is 0.104. The third kappa shape index (κ3) is 3.91. The van der Waals surface area contributed by atoms with Crippen molar-refractivity contribution in [2.75, 3.05) is 31.9 Å². The molecule has 0 saturated carbocycles. The maximum Gasteiger partial charge on any atom is 0.132 e. The highest BCUT2D eigenvalue weighted by molar-refractivity contribution is 5.63. The second-order valence-corrected chi connectivity index (χ2v) is 6.69. The SMILES string of the molecule is CC(C)N1CCN(Cc2ccc(-c3cc(N)ccn3)c(F)c2)CC1. The molecule has 0 unspecified atom stereocenters. The quantitative estimate of drug-likeness (QED) is 0.937. The average Bonchev–Trinajstić information content (AvgIpc) is 2.55. The van der Waals surface area contributed by atoms with Gasteiger partial charge in [0.25, 0.3) is 0 Å². The Labute approximate surface area is 143 Å². The van der Waals surface area contributed by atoms with Crippen molar-refractivity contribution in [1.82, 2.24) is 14.8 Å². The molecule has 2 N–H and O–H groups in total. The lowest BCUT2D eigenvalue weighted by Gasteiger charge is -2.36. The summed E-state index contributed by atoms with van der Waals surface area (Å²) in [7, 11) is 0. The third-order valence-corrected chi connectivity index (χ3v) is 4.64. The highest BCUT2D eigenvalue weighted by atomic mass is 19.1. The van der Waals surface area contributed by atoms with Gasteiger partial charge in [-0.25, -0.2) is 4.39 Å². The lowest BCUT2D eigenvalue weighted by Crippen LogP contribution is -2.48. The van der Waals surface area contributed by atoms with Gasteiger partial charge in [-0.15, -0.1) is 0 Å². The first kappa shape index (κ1) is 16.9. The largest absolute Gasteiger partial charge is 0.399 e. The van der Waals surface area contributed by atoms with E-state index in [1.807, 2.05) is 6.07 Å². The molecule has 2 heterocycles. The first-order valence-corrected chi connectivity index (χ1v) is 8.49. The number of nitrogens with zero attached hydrogens (tertiary/aromatic N) is 3. The topological polar surface area (TPSA) is 45.4 Å². The maximum absolute atomic E-state index is 14.5. The smallest absolute Gasteiger partial charge is 0.132 e. The molecule has 2 aromatic rings. The molecule has 1 aromatic carbocycles. The summed E-state index contributed by atoms with van der Waals surface area (Å²) in [5.74, 6) is -0.244. The summed E-state index contributed by atoms with van der Waals surface area (Å²) in [5.41, 5.74) is 8.42. The van der Waals surface area contributed by atoms with Crippen LogP contribution < -0.4 is 5.73 Å². The fourth-order valence-electron chi connectivity index (χ4n) is 3.15. The number of hydrogen-bond acceptors (Lipinski definition) is 4. The Morgan fingerprint density at radius 3 is 2.50 bits per heavy atom. The van der Waals surface area contributed by atoms with Crippen LogP contribution >= 0.6 is 0 Å². The first-order valence-electron chi connectivity index (χ1n) is 8.49. The Kier molecular flexibility index (Phi) is 5.11. The van der Waals surface area contributed by atoms with Gasteiger partial charge in [0.2, 0.25) is 0 Å². The molecule has 3 rings (SSSR count). The standard InChI is InChI=1S/C19H25FN4/c1-14(2)24-9-7-23(8-10-24)13-15-3-4-17(18(20)11-15)19-12-16(21)5-6-22-19/h3-6,11-12,14H,7-10,13H2,1-2H3,(H2,21,22). The number of benzene rings is 1. The third-order valence-electron chi connectivity index (χ3n) is 4.64. The highest BCUT2D eigenvalue weighted by Gasteiger charge is 2.19. The van der Waals surface area contributed by atoms with Crippen LogP contribution in [0.2, 0.25) is 0 Å². The van der Waals surface area contributed by atoms with Gasteiger partial charge >= 0.3 is 0 Å². The summed E-state index contributed by atoms with van der Waals surface area (Å²) < 4.78 is 14.5. The van der Waals surface area contributed by atoms with Crippen molar-refractivity contribution in [3.63, 3.8) is 0 Å². The van der Waals surface area contributed by atoms with Gasteiger partial charge in [0.05, 0.1) is 5.69 Å². The normalized spacial score (nSPS) is 16.7. The lowest BCUT2D eigenvalue weighted by atomic mass is 10.1. The maximum atomic E-state index is 14.5. The summed E-state index contributed by atoms with van der Waals surface area (Å²) >= 11 is 0. The van der Waals surface area contributed by atoms with Crippen LogP contribution in [-0.2, 0) is 6.54 Å². The van der Waals surface area contributed by atoms with Gasteiger partial charge in [-0.1, -0.05) is 6.07 Å². The zero-order valence-corrected chi connectivity index (χ0v) is 14.4. The minimum atomic E-state index is -0.244. The Morgan fingerprint density at radius 1 is 1.12 bits per heavy atom. The van der Waals surface area contributed by atoms with Gasteiger partial charge in [-0.3, -0.25) is 14.8 Å². The fourth-order valence-corrected chi connectivity index (χ4v) is 3.15. The van der Waals surface area contributed by atoms with E-state index in [4.69, 9.17) is 5.73 Å². The molecule has 24 heavy (non-hydrogen) atoms. The molecule has 0 amide bonds. The summed E-state index contributed by atoms with van der Waals surface area (Å²) in [6.07, 6.45) is 1.60. The number of halogens is 1. The van der Waals surface area contributed by atoms with E-state index in [-0.39, 0.29) is 5.82 Å². The summed E-state index contributed by atoms with van der Waals surface area (Å²) in [4.78, 5) is 9.06. The molecule has 0 spiro atoms. The number of piperazine rings is 1. The van der Waals surface area contributed by atoms with Crippen LogP contribution in [-0.4, -0.2) is 47.0 Å². The van der Waals surface area contributed by atoms with Crippen LogP contribution in [0, 0.1) is 5.82 Å². The molecule has 0 bridgehead atoms. The van der Waals surface area contributed by atoms with E-state index >= 15 is 0 Å². The molecule has 1 saturated heterocycles. The number of rotatable bonds is 4. The number of pyridine rings is 1. The highest BCUT2D eigenvalue weighted by Crippen LogP contribution is 2.24. The zero-order valence-electron chi connectivity index (χ0n) is 14.4. The molecule has 0 radical (unpaired) electrons. The monoisotopic (exact) mass is 328 g/mol. The minimum absolute atomic E-state index is 0.244. The van der Waals surface area contributed by atoms with Crippen molar-refractivity contribution in [3.8, 4) is 11.3 Å². The second-order valence-electron chi connectivity index (χ2n) is 6.69. The molecule has 0 atom stereocenters. The van der Waals surface area contributed by atoms with E-state index in [0.717, 1.165) is 38.3 Å². The summed E-state index contributed by atoms with van der Waals surface area (Å²) in [5, 5.41) is 0. The van der Waals surface area contributed by atoms with Crippen LogP contribution in [0.5, 0.6) is 0 Å². The predicted octanol–water partition coefficient (Wildman–Crippen LogP) is 3.00. The van der Waals surface area contributed by atoms with Crippen LogP contribution in [0.4, 0.5) is 10.1 Å². The zero-order chi connectivity index (χ0) is 17.1. The van der Waals surface area contributed by atoms with E-state index in [0.29, 0.717) is 23.0 Å². The number of anilines is 1. The molecule has 1 aromatic heterocycles. The summed E-state index contributed by atoms with van der Waals surface area (Å²) in [6.45, 7) is 9.45. The van der Waals surface area contributed by atoms with E-state index < -0.39 is 0 Å². The number of aromatic nitrogens is 1. The minimum Gasteiger partial charge on any atom is -0.399 e. The number of nitrogen functional groups attached to an aromatic ring is 1. The van der Waals surface area contributed by atoms with Crippen molar-refractivity contribution in [1.29, 1.82) is 0 Å². The number of nitrogens with two attached hydrogens (primary N) is 1. The fraction of sp³-hybridized carbons (Fsp3) is 0.421. The van der Waals surface area contributed by atoms with Crippen molar-refractivity contribution >= 4 is 5.69 Å². The van der Waals surface area contributed by atoms with Gasteiger partial charge in [0, 0.05) is 56.2 Å². The summed E-state index contributed by atoms with van der Waals surface area (Å²) in [6, 6.07) is 9.40. The van der Waals surface area contributed by atoms with Gasteiger partial charge < -0.3 is 5.73 Å². The first-order chi connectivity index (χ1) is 11.5. The second kappa shape index (κ2) is 7.28. The molecular weight excluding hydrogens is 303 g/mol. The number of hydrogen-bond donors (Lipinski definition) is 1. The Morgan fingerprint density at radius 2 is 1.88 bits per heavy atom. The molecule has 5 heteroatoms. The van der Waals surface area contributed by atoms with Crippen LogP contribution in [0.3, 0.4) is 0 Å². The molecule has 4 nitrogen and oxygen atoms in total. The molecule has 1 aliphatic heterocycles. The molecule has 1 fully saturated rings. The van der Waals surface area contributed by atoms with Gasteiger partial charge in [-0.05, 0) is 43.7 Å². The molecule has 128 valence electrons. The molecule has 1 aliphatic rings. The predicted molar refractivity (Wildman–Crippen MR) is 96.0 cm³/mol. The van der Waals surface area contributed by atoms with Crippen molar-refractivity contribution in [2.45, 2.75) is 26.4 Å². The Balaban J connectivity index is 1.67. The molecule has 0 aliphatic carbocycles. The van der Waals surface area contributed by atoms with E-state index in [9.17, 15) is 4.39 Å². The van der Waals surface area contributed by atoms with E-state index in [2.05, 4.69) is 28.6 Å². The van der Waals surface area contributed by atoms with Crippen LogP contribution in [0.15, 0.2) is 36.5 Å². The van der Waals surface area contributed by atoms with Gasteiger partial charge in [0.15, 0.2) is 0 Å².